The Bertz CT molecular complexity index is 477. The lowest BCUT2D eigenvalue weighted by molar-refractivity contribution is -0.123. The maximum atomic E-state index is 12.1. The van der Waals surface area contributed by atoms with E-state index >= 15 is 0 Å². The molecular formula is C14H17NO4. The Balaban J connectivity index is 1.97. The van der Waals surface area contributed by atoms with Crippen LogP contribution in [0.2, 0.25) is 0 Å². The van der Waals surface area contributed by atoms with Gasteiger partial charge in [0, 0.05) is 12.3 Å². The highest BCUT2D eigenvalue weighted by Crippen LogP contribution is 2.46. The van der Waals surface area contributed by atoms with Gasteiger partial charge in [-0.15, -0.1) is 0 Å². The van der Waals surface area contributed by atoms with Crippen molar-refractivity contribution in [1.82, 2.24) is 0 Å². The molecule has 5 heteroatoms. The molecule has 19 heavy (non-hydrogen) atoms. The molecular weight excluding hydrogens is 246 g/mol. The highest BCUT2D eigenvalue weighted by atomic mass is 16.5. The molecule has 0 bridgehead atoms. The van der Waals surface area contributed by atoms with Crippen LogP contribution in [-0.2, 0) is 9.53 Å². The standard InChI is InChI=1S/C14H17NO4/c1-2-19-9-14(7-8-14)13(18)15-11-5-3-10(4-6-11)12(16)17/h3-6H,2,7-9H2,1H3,(H,15,18)(H,16,17). The SMILES string of the molecule is CCOCC1(C(=O)Nc2ccc(C(=O)O)cc2)CC1. The first-order chi connectivity index (χ1) is 9.07. The number of carboxylic acid groups (broad SMARTS) is 1. The monoisotopic (exact) mass is 263 g/mol. The second-order valence-corrected chi connectivity index (χ2v) is 4.75. The van der Waals surface area contributed by atoms with E-state index < -0.39 is 5.97 Å². The molecule has 1 aromatic rings. The molecule has 1 saturated carbocycles. The van der Waals surface area contributed by atoms with Gasteiger partial charge in [-0.3, -0.25) is 4.79 Å². The van der Waals surface area contributed by atoms with Crippen LogP contribution in [0.1, 0.15) is 30.1 Å². The van der Waals surface area contributed by atoms with Gasteiger partial charge in [-0.05, 0) is 44.0 Å². The molecule has 1 aliphatic carbocycles. The van der Waals surface area contributed by atoms with Crippen molar-refractivity contribution >= 4 is 17.6 Å². The minimum atomic E-state index is -0.979. The first-order valence-corrected chi connectivity index (χ1v) is 6.30. The number of rotatable bonds is 6. The molecule has 0 heterocycles. The van der Waals surface area contributed by atoms with Crippen LogP contribution >= 0.6 is 0 Å². The number of amides is 1. The van der Waals surface area contributed by atoms with Crippen molar-refractivity contribution in [3.8, 4) is 0 Å². The third-order valence-corrected chi connectivity index (χ3v) is 3.31. The first kappa shape index (κ1) is 13.5. The molecule has 0 aliphatic heterocycles. The third-order valence-electron chi connectivity index (χ3n) is 3.31. The summed E-state index contributed by atoms with van der Waals surface area (Å²) in [5.74, 6) is -1.03. The van der Waals surface area contributed by atoms with Gasteiger partial charge in [0.15, 0.2) is 0 Å². The van der Waals surface area contributed by atoms with Gasteiger partial charge >= 0.3 is 5.97 Å². The van der Waals surface area contributed by atoms with E-state index in [9.17, 15) is 9.59 Å². The molecule has 1 aromatic carbocycles. The summed E-state index contributed by atoms with van der Waals surface area (Å²) in [6.45, 7) is 2.95. The molecule has 2 rings (SSSR count). The van der Waals surface area contributed by atoms with Crippen LogP contribution in [-0.4, -0.2) is 30.2 Å². The highest BCUT2D eigenvalue weighted by Gasteiger charge is 2.50. The van der Waals surface area contributed by atoms with Gasteiger partial charge in [0.1, 0.15) is 0 Å². The van der Waals surface area contributed by atoms with E-state index in [1.54, 1.807) is 12.1 Å². The number of aromatic carboxylic acids is 1. The summed E-state index contributed by atoms with van der Waals surface area (Å²) in [6, 6.07) is 6.14. The fraction of sp³-hybridized carbons (Fsp3) is 0.429. The van der Waals surface area contributed by atoms with E-state index in [1.807, 2.05) is 6.92 Å². The van der Waals surface area contributed by atoms with Crippen molar-refractivity contribution in [2.75, 3.05) is 18.5 Å². The van der Waals surface area contributed by atoms with E-state index in [-0.39, 0.29) is 16.9 Å². The van der Waals surface area contributed by atoms with Gasteiger partial charge in [-0.1, -0.05) is 0 Å². The predicted molar refractivity (Wildman–Crippen MR) is 70.2 cm³/mol. The number of hydrogen-bond donors (Lipinski definition) is 2. The van der Waals surface area contributed by atoms with Crippen LogP contribution < -0.4 is 5.32 Å². The number of benzene rings is 1. The van der Waals surface area contributed by atoms with Gasteiger partial charge in [0.25, 0.3) is 0 Å². The number of ether oxygens (including phenoxy) is 1. The Kier molecular flexibility index (Phi) is 3.85. The number of carbonyl (C=O) groups is 2. The maximum absolute atomic E-state index is 12.1. The minimum Gasteiger partial charge on any atom is -0.478 e. The van der Waals surface area contributed by atoms with Crippen molar-refractivity contribution in [3.63, 3.8) is 0 Å². The van der Waals surface area contributed by atoms with Crippen LogP contribution in [0.5, 0.6) is 0 Å². The number of carboxylic acids is 1. The molecule has 1 aliphatic rings. The second-order valence-electron chi connectivity index (χ2n) is 4.75. The average Bonchev–Trinajstić information content (AvgIpc) is 3.18. The quantitative estimate of drug-likeness (QED) is 0.824. The van der Waals surface area contributed by atoms with Crippen molar-refractivity contribution in [3.05, 3.63) is 29.8 Å². The molecule has 0 saturated heterocycles. The summed E-state index contributed by atoms with van der Waals surface area (Å²) in [5.41, 5.74) is 0.424. The summed E-state index contributed by atoms with van der Waals surface area (Å²) in [4.78, 5) is 22.8. The van der Waals surface area contributed by atoms with Crippen molar-refractivity contribution in [1.29, 1.82) is 0 Å². The molecule has 0 spiro atoms. The lowest BCUT2D eigenvalue weighted by atomic mass is 10.1. The fourth-order valence-corrected chi connectivity index (χ4v) is 1.85. The highest BCUT2D eigenvalue weighted by molar-refractivity contribution is 5.97. The average molecular weight is 263 g/mol. The summed E-state index contributed by atoms with van der Waals surface area (Å²) < 4.78 is 5.33. The Labute approximate surface area is 111 Å². The number of carbonyl (C=O) groups excluding carboxylic acids is 1. The van der Waals surface area contributed by atoms with E-state index in [4.69, 9.17) is 9.84 Å². The van der Waals surface area contributed by atoms with Crippen LogP contribution in [0.25, 0.3) is 0 Å². The van der Waals surface area contributed by atoms with Crippen molar-refractivity contribution in [2.45, 2.75) is 19.8 Å². The van der Waals surface area contributed by atoms with Crippen LogP contribution in [0.4, 0.5) is 5.69 Å². The minimum absolute atomic E-state index is 0.0518. The number of anilines is 1. The molecule has 2 N–H and O–H groups in total. The van der Waals surface area contributed by atoms with Gasteiger partial charge in [0.2, 0.25) is 5.91 Å². The van der Waals surface area contributed by atoms with E-state index in [0.717, 1.165) is 12.8 Å². The van der Waals surface area contributed by atoms with E-state index in [1.165, 1.54) is 12.1 Å². The van der Waals surface area contributed by atoms with Crippen molar-refractivity contribution < 1.29 is 19.4 Å². The number of nitrogens with one attached hydrogen (secondary N) is 1. The zero-order valence-electron chi connectivity index (χ0n) is 10.8. The summed E-state index contributed by atoms with van der Waals surface area (Å²) in [7, 11) is 0. The topological polar surface area (TPSA) is 75.6 Å². The molecule has 5 nitrogen and oxygen atoms in total. The first-order valence-electron chi connectivity index (χ1n) is 6.30. The van der Waals surface area contributed by atoms with Gasteiger partial charge < -0.3 is 15.2 Å². The van der Waals surface area contributed by atoms with Crippen LogP contribution in [0.3, 0.4) is 0 Å². The summed E-state index contributed by atoms with van der Waals surface area (Å²) >= 11 is 0. The largest absolute Gasteiger partial charge is 0.478 e. The van der Waals surface area contributed by atoms with Gasteiger partial charge in [0.05, 0.1) is 17.6 Å². The Hall–Kier alpha value is -1.88. The van der Waals surface area contributed by atoms with Crippen LogP contribution in [0, 0.1) is 5.41 Å². The zero-order valence-corrected chi connectivity index (χ0v) is 10.8. The lowest BCUT2D eigenvalue weighted by Gasteiger charge is -2.15. The molecule has 1 fully saturated rings. The van der Waals surface area contributed by atoms with Crippen molar-refractivity contribution in [2.24, 2.45) is 5.41 Å². The van der Waals surface area contributed by atoms with Gasteiger partial charge in [-0.2, -0.15) is 0 Å². The fourth-order valence-electron chi connectivity index (χ4n) is 1.85. The van der Waals surface area contributed by atoms with E-state index in [2.05, 4.69) is 5.32 Å². The van der Waals surface area contributed by atoms with Crippen LogP contribution in [0.15, 0.2) is 24.3 Å². The molecule has 102 valence electrons. The Morgan fingerprint density at radius 1 is 1.32 bits per heavy atom. The van der Waals surface area contributed by atoms with E-state index in [0.29, 0.717) is 18.9 Å². The second kappa shape index (κ2) is 5.40. The summed E-state index contributed by atoms with van der Waals surface area (Å²) in [5, 5.41) is 11.6. The molecule has 0 unspecified atom stereocenters. The maximum Gasteiger partial charge on any atom is 0.335 e. The lowest BCUT2D eigenvalue weighted by Crippen LogP contribution is -2.28. The Morgan fingerprint density at radius 3 is 2.42 bits per heavy atom. The molecule has 0 atom stereocenters. The third kappa shape index (κ3) is 3.12. The zero-order chi connectivity index (χ0) is 13.9. The van der Waals surface area contributed by atoms with Gasteiger partial charge in [-0.25, -0.2) is 4.79 Å². The Morgan fingerprint density at radius 2 is 1.95 bits per heavy atom. The molecule has 0 radical (unpaired) electrons. The molecule has 1 amide bonds. The smallest absolute Gasteiger partial charge is 0.335 e. The normalized spacial score (nSPS) is 15.8. The molecule has 0 aromatic heterocycles. The summed E-state index contributed by atoms with van der Waals surface area (Å²) in [6.07, 6.45) is 1.68. The predicted octanol–water partition coefficient (Wildman–Crippen LogP) is 2.14. The number of hydrogen-bond acceptors (Lipinski definition) is 3.